The highest BCUT2D eigenvalue weighted by Gasteiger charge is 2.23. The molecule has 0 aliphatic carbocycles. The number of carbonyl (C=O) groups is 1. The number of nitriles is 1. The Hall–Kier alpha value is -1.86. The highest BCUT2D eigenvalue weighted by Crippen LogP contribution is 2.29. The van der Waals surface area contributed by atoms with Crippen molar-refractivity contribution in [2.75, 3.05) is 18.5 Å². The van der Waals surface area contributed by atoms with Crippen LogP contribution >= 0.6 is 0 Å². The second-order valence-corrected chi connectivity index (χ2v) is 4.80. The van der Waals surface area contributed by atoms with Crippen LogP contribution in [0.25, 0.3) is 0 Å². The zero-order valence-electron chi connectivity index (χ0n) is 11.3. The van der Waals surface area contributed by atoms with Crippen LogP contribution in [-0.2, 0) is 17.8 Å². The van der Waals surface area contributed by atoms with Gasteiger partial charge in [-0.05, 0) is 37.1 Å². The van der Waals surface area contributed by atoms with Gasteiger partial charge < -0.3 is 10.2 Å². The van der Waals surface area contributed by atoms with Crippen LogP contribution in [0.3, 0.4) is 0 Å². The third kappa shape index (κ3) is 3.12. The van der Waals surface area contributed by atoms with Crippen LogP contribution in [0, 0.1) is 11.3 Å². The molecule has 1 N–H and O–H groups in total. The summed E-state index contributed by atoms with van der Waals surface area (Å²) >= 11 is 0. The smallest absolute Gasteiger partial charge is 0.227 e. The van der Waals surface area contributed by atoms with E-state index in [1.807, 2.05) is 18.0 Å². The number of fused-ring (bicyclic) bond motifs is 1. The Morgan fingerprint density at radius 3 is 3.00 bits per heavy atom. The lowest BCUT2D eigenvalue weighted by Gasteiger charge is -2.29. The van der Waals surface area contributed by atoms with Crippen molar-refractivity contribution < 1.29 is 4.79 Å². The predicted molar refractivity (Wildman–Crippen MR) is 74.7 cm³/mol. The van der Waals surface area contributed by atoms with E-state index in [1.165, 1.54) is 11.1 Å². The molecule has 0 saturated carbocycles. The number of rotatable bonds is 5. The van der Waals surface area contributed by atoms with Gasteiger partial charge in [0.2, 0.25) is 5.91 Å². The fraction of sp³-hybridized carbons (Fsp3) is 0.467. The van der Waals surface area contributed by atoms with Crippen LogP contribution in [0.2, 0.25) is 0 Å². The number of amides is 1. The topological polar surface area (TPSA) is 56.1 Å². The first kappa shape index (κ1) is 13.6. The molecular formula is C15H19N3O. The third-order valence-corrected chi connectivity index (χ3v) is 3.40. The lowest BCUT2D eigenvalue weighted by atomic mass is 9.98. The molecule has 1 amide bonds. The Morgan fingerprint density at radius 2 is 2.26 bits per heavy atom. The van der Waals surface area contributed by atoms with Gasteiger partial charge in [0.25, 0.3) is 0 Å². The Kier molecular flexibility index (Phi) is 4.53. The molecule has 0 atom stereocenters. The lowest BCUT2D eigenvalue weighted by molar-refractivity contribution is -0.118. The molecule has 0 fully saturated rings. The average molecular weight is 257 g/mol. The minimum atomic E-state index is 0.173. The van der Waals surface area contributed by atoms with E-state index >= 15 is 0 Å². The van der Waals surface area contributed by atoms with Crippen molar-refractivity contribution in [1.82, 2.24) is 5.32 Å². The van der Waals surface area contributed by atoms with Crippen molar-refractivity contribution in [2.24, 2.45) is 0 Å². The molecule has 0 aromatic heterocycles. The van der Waals surface area contributed by atoms with Gasteiger partial charge in [0.15, 0.2) is 0 Å². The number of benzene rings is 1. The number of hydrogen-bond acceptors (Lipinski definition) is 3. The van der Waals surface area contributed by atoms with Crippen molar-refractivity contribution in [3.05, 3.63) is 29.3 Å². The summed E-state index contributed by atoms with van der Waals surface area (Å²) < 4.78 is 0. The van der Waals surface area contributed by atoms with Crippen molar-refractivity contribution in [1.29, 1.82) is 5.26 Å². The minimum absolute atomic E-state index is 0.173. The maximum atomic E-state index is 12.0. The number of unbranched alkanes of at least 4 members (excludes halogenated alkanes) is 1. The van der Waals surface area contributed by atoms with Crippen LogP contribution in [-0.4, -0.2) is 19.5 Å². The SMILES string of the molecule is CNCc1ccc2c(c1)CCC(=O)N2CCCC#N. The molecule has 0 spiro atoms. The van der Waals surface area contributed by atoms with Crippen LogP contribution < -0.4 is 10.2 Å². The van der Waals surface area contributed by atoms with Crippen LogP contribution in [0.1, 0.15) is 30.4 Å². The molecule has 0 bridgehead atoms. The van der Waals surface area contributed by atoms with Gasteiger partial charge in [-0.25, -0.2) is 0 Å². The zero-order valence-corrected chi connectivity index (χ0v) is 11.3. The predicted octanol–water partition coefficient (Wildman–Crippen LogP) is 1.99. The van der Waals surface area contributed by atoms with Gasteiger partial charge in [-0.2, -0.15) is 5.26 Å². The van der Waals surface area contributed by atoms with E-state index in [2.05, 4.69) is 23.5 Å². The second-order valence-electron chi connectivity index (χ2n) is 4.80. The quantitative estimate of drug-likeness (QED) is 0.821. The Bertz CT molecular complexity index is 505. The van der Waals surface area contributed by atoms with Crippen molar-refractivity contribution >= 4 is 11.6 Å². The zero-order chi connectivity index (χ0) is 13.7. The summed E-state index contributed by atoms with van der Waals surface area (Å²) in [6.07, 6.45) is 2.62. The van der Waals surface area contributed by atoms with Gasteiger partial charge in [-0.3, -0.25) is 4.79 Å². The molecule has 1 aromatic carbocycles. The average Bonchev–Trinajstić information content (AvgIpc) is 2.42. The van der Waals surface area contributed by atoms with Gasteiger partial charge in [0.05, 0.1) is 6.07 Å². The van der Waals surface area contributed by atoms with Gasteiger partial charge in [-0.1, -0.05) is 12.1 Å². The summed E-state index contributed by atoms with van der Waals surface area (Å²) in [4.78, 5) is 13.8. The summed E-state index contributed by atoms with van der Waals surface area (Å²) in [5, 5.41) is 11.7. The van der Waals surface area contributed by atoms with Crippen molar-refractivity contribution in [2.45, 2.75) is 32.2 Å². The first-order valence-corrected chi connectivity index (χ1v) is 6.70. The highest BCUT2D eigenvalue weighted by atomic mass is 16.2. The van der Waals surface area contributed by atoms with E-state index in [1.54, 1.807) is 0 Å². The molecule has 0 radical (unpaired) electrons. The van der Waals surface area contributed by atoms with Gasteiger partial charge in [-0.15, -0.1) is 0 Å². The first-order valence-electron chi connectivity index (χ1n) is 6.70. The molecule has 100 valence electrons. The molecule has 19 heavy (non-hydrogen) atoms. The maximum absolute atomic E-state index is 12.0. The summed E-state index contributed by atoms with van der Waals surface area (Å²) in [5.41, 5.74) is 3.51. The summed E-state index contributed by atoms with van der Waals surface area (Å²) in [7, 11) is 1.93. The van der Waals surface area contributed by atoms with Crippen LogP contribution in [0.5, 0.6) is 0 Å². The van der Waals surface area contributed by atoms with Gasteiger partial charge >= 0.3 is 0 Å². The summed E-state index contributed by atoms with van der Waals surface area (Å²) in [6.45, 7) is 1.49. The molecular weight excluding hydrogens is 238 g/mol. The highest BCUT2D eigenvalue weighted by molar-refractivity contribution is 5.96. The molecule has 4 nitrogen and oxygen atoms in total. The Labute approximate surface area is 114 Å². The van der Waals surface area contributed by atoms with Crippen molar-refractivity contribution in [3.63, 3.8) is 0 Å². The minimum Gasteiger partial charge on any atom is -0.316 e. The molecule has 1 aromatic rings. The van der Waals surface area contributed by atoms with Gasteiger partial charge in [0, 0.05) is 31.6 Å². The normalized spacial score (nSPS) is 14.1. The van der Waals surface area contributed by atoms with Crippen LogP contribution in [0.4, 0.5) is 5.69 Å². The Morgan fingerprint density at radius 1 is 1.42 bits per heavy atom. The fourth-order valence-electron chi connectivity index (χ4n) is 2.49. The fourth-order valence-corrected chi connectivity index (χ4v) is 2.49. The molecule has 4 heteroatoms. The first-order chi connectivity index (χ1) is 9.26. The monoisotopic (exact) mass is 257 g/mol. The standard InChI is InChI=1S/C15H19N3O/c1-17-11-12-4-6-14-13(10-12)5-7-15(19)18(14)9-3-2-8-16/h4,6,10,17H,2-3,5,7,9,11H2,1H3. The van der Waals surface area contributed by atoms with Crippen molar-refractivity contribution in [3.8, 4) is 6.07 Å². The molecule has 2 rings (SSSR count). The van der Waals surface area contributed by atoms with E-state index < -0.39 is 0 Å². The molecule has 1 aliphatic heterocycles. The van der Waals surface area contributed by atoms with E-state index in [-0.39, 0.29) is 5.91 Å². The number of aryl methyl sites for hydroxylation is 1. The lowest BCUT2D eigenvalue weighted by Crippen LogP contribution is -2.35. The molecule has 0 unspecified atom stereocenters. The summed E-state index contributed by atoms with van der Waals surface area (Å²) in [6, 6.07) is 8.40. The number of hydrogen-bond donors (Lipinski definition) is 1. The Balaban J connectivity index is 2.19. The number of nitrogens with zero attached hydrogens (tertiary/aromatic N) is 2. The molecule has 1 aliphatic rings. The molecule has 0 saturated heterocycles. The van der Waals surface area contributed by atoms with Gasteiger partial charge in [0.1, 0.15) is 0 Å². The van der Waals surface area contributed by atoms with E-state index in [0.717, 1.165) is 25.1 Å². The third-order valence-electron chi connectivity index (χ3n) is 3.40. The summed E-state index contributed by atoms with van der Waals surface area (Å²) in [5.74, 6) is 0.173. The maximum Gasteiger partial charge on any atom is 0.227 e. The van der Waals surface area contributed by atoms with E-state index in [0.29, 0.717) is 19.4 Å². The number of anilines is 1. The number of nitrogens with one attached hydrogen (secondary N) is 1. The largest absolute Gasteiger partial charge is 0.316 e. The van der Waals surface area contributed by atoms with Crippen LogP contribution in [0.15, 0.2) is 18.2 Å². The van der Waals surface area contributed by atoms with E-state index in [4.69, 9.17) is 5.26 Å². The molecule has 1 heterocycles. The number of carbonyl (C=O) groups excluding carboxylic acids is 1. The van der Waals surface area contributed by atoms with E-state index in [9.17, 15) is 4.79 Å². The second kappa shape index (κ2) is 6.35.